The van der Waals surface area contributed by atoms with Crippen molar-refractivity contribution in [1.82, 2.24) is 20.4 Å². The normalized spacial score (nSPS) is 14.9. The zero-order valence-corrected chi connectivity index (χ0v) is 21.9. The van der Waals surface area contributed by atoms with Gasteiger partial charge in [-0.3, -0.25) is 9.69 Å². The monoisotopic (exact) mass is 542 g/mol. The fraction of sp³-hybridized carbons (Fsp3) is 0.423. The Labute approximate surface area is 214 Å². The molecule has 1 N–H and O–H groups in total. The molecule has 1 aromatic heterocycles. The predicted octanol–water partition coefficient (Wildman–Crippen LogP) is 5.46. The van der Waals surface area contributed by atoms with Gasteiger partial charge in [-0.05, 0) is 62.7 Å². The summed E-state index contributed by atoms with van der Waals surface area (Å²) in [5.41, 5.74) is 3.60. The number of halogens is 1. The summed E-state index contributed by atoms with van der Waals surface area (Å²) >= 11 is 5.40. The van der Waals surface area contributed by atoms with Crippen LogP contribution < -0.4 is 5.32 Å². The number of nitrogens with one attached hydrogen (secondary N) is 1. The van der Waals surface area contributed by atoms with Gasteiger partial charge in [0.05, 0.1) is 6.54 Å². The molecule has 180 valence electrons. The van der Waals surface area contributed by atoms with Gasteiger partial charge < -0.3 is 9.84 Å². The molecule has 2 heterocycles. The molecule has 0 bridgehead atoms. The first-order chi connectivity index (χ1) is 16.6. The molecule has 3 aromatic rings. The molecular formula is C26H31BrN4O2S. The van der Waals surface area contributed by atoms with Gasteiger partial charge in [-0.1, -0.05) is 63.0 Å². The van der Waals surface area contributed by atoms with E-state index < -0.39 is 0 Å². The molecule has 1 aliphatic heterocycles. The van der Waals surface area contributed by atoms with E-state index in [-0.39, 0.29) is 11.8 Å². The summed E-state index contributed by atoms with van der Waals surface area (Å²) in [5.74, 6) is 3.58. The van der Waals surface area contributed by atoms with Crippen molar-refractivity contribution in [2.45, 2.75) is 38.5 Å². The first-order valence-corrected chi connectivity index (χ1v) is 13.7. The maximum atomic E-state index is 12.6. The van der Waals surface area contributed by atoms with Crippen LogP contribution in [0.4, 0.5) is 0 Å². The highest BCUT2D eigenvalue weighted by Gasteiger charge is 2.25. The van der Waals surface area contributed by atoms with Crippen LogP contribution >= 0.6 is 27.7 Å². The molecule has 34 heavy (non-hydrogen) atoms. The summed E-state index contributed by atoms with van der Waals surface area (Å²) in [5, 5.41) is 7.25. The lowest BCUT2D eigenvalue weighted by atomic mass is 9.96. The number of carbonyl (C=O) groups excluding carboxylic acids is 1. The summed E-state index contributed by atoms with van der Waals surface area (Å²) in [4.78, 5) is 19.4. The minimum absolute atomic E-state index is 0.0936. The molecule has 0 aliphatic carbocycles. The van der Waals surface area contributed by atoms with Crippen LogP contribution in [0.2, 0.25) is 0 Å². The first kappa shape index (κ1) is 24.9. The molecule has 0 radical (unpaired) electrons. The molecule has 8 heteroatoms. The third-order valence-corrected chi connectivity index (χ3v) is 7.59. The first-order valence-electron chi connectivity index (χ1n) is 11.8. The molecule has 0 atom stereocenters. The Balaban J connectivity index is 1.11. The molecule has 0 saturated carbocycles. The minimum Gasteiger partial charge on any atom is -0.356 e. The Kier molecular flexibility index (Phi) is 9.18. The summed E-state index contributed by atoms with van der Waals surface area (Å²) in [7, 11) is 0. The summed E-state index contributed by atoms with van der Waals surface area (Å²) in [6.45, 7) is 5.21. The molecule has 1 amide bonds. The van der Waals surface area contributed by atoms with Crippen molar-refractivity contribution in [2.24, 2.45) is 5.92 Å². The summed E-state index contributed by atoms with van der Waals surface area (Å²) in [6.07, 6.45) is 2.72. The smallest absolute Gasteiger partial charge is 0.241 e. The average Bonchev–Trinajstić information content (AvgIpc) is 3.30. The molecule has 4 rings (SSSR count). The second kappa shape index (κ2) is 12.5. The third kappa shape index (κ3) is 7.42. The Bertz CT molecular complexity index is 1080. The van der Waals surface area contributed by atoms with E-state index >= 15 is 0 Å². The molecule has 2 aromatic carbocycles. The zero-order chi connectivity index (χ0) is 23.8. The highest BCUT2D eigenvalue weighted by Crippen LogP contribution is 2.22. The van der Waals surface area contributed by atoms with E-state index in [1.54, 1.807) is 0 Å². The highest BCUT2D eigenvalue weighted by molar-refractivity contribution is 9.10. The topological polar surface area (TPSA) is 71.3 Å². The number of likely N-dealkylation sites (tertiary alicyclic amines) is 1. The second-order valence-corrected chi connectivity index (χ2v) is 10.8. The Morgan fingerprint density at radius 2 is 2.03 bits per heavy atom. The van der Waals surface area contributed by atoms with E-state index in [2.05, 4.69) is 67.5 Å². The number of piperidine rings is 1. The van der Waals surface area contributed by atoms with E-state index in [1.165, 1.54) is 11.1 Å². The zero-order valence-electron chi connectivity index (χ0n) is 19.5. The number of aryl methyl sites for hydroxylation is 1. The van der Waals surface area contributed by atoms with Crippen molar-refractivity contribution in [1.29, 1.82) is 0 Å². The number of amides is 1. The minimum atomic E-state index is 0.0936. The van der Waals surface area contributed by atoms with Gasteiger partial charge in [-0.15, -0.1) is 0 Å². The van der Waals surface area contributed by atoms with Gasteiger partial charge in [-0.2, -0.15) is 16.7 Å². The number of rotatable bonds is 10. The lowest BCUT2D eigenvalue weighted by Gasteiger charge is -2.30. The van der Waals surface area contributed by atoms with Crippen LogP contribution in [0.25, 0.3) is 11.4 Å². The number of nitrogens with zero attached hydrogens (tertiary/aromatic N) is 3. The van der Waals surface area contributed by atoms with Gasteiger partial charge in [0.1, 0.15) is 0 Å². The second-order valence-electron chi connectivity index (χ2n) is 8.76. The quantitative estimate of drug-likeness (QED) is 0.343. The Morgan fingerprint density at radius 3 is 2.82 bits per heavy atom. The lowest BCUT2D eigenvalue weighted by Crippen LogP contribution is -2.40. The van der Waals surface area contributed by atoms with Gasteiger partial charge >= 0.3 is 0 Å². The maximum absolute atomic E-state index is 12.6. The SMILES string of the molecule is Cc1cccc(CSCCCNC(=O)C2CCN(Cc3nc(-c4cccc(Br)c4)no3)CC2)c1. The fourth-order valence-electron chi connectivity index (χ4n) is 4.13. The van der Waals surface area contributed by atoms with E-state index in [9.17, 15) is 4.79 Å². The van der Waals surface area contributed by atoms with Crippen LogP contribution in [0.15, 0.2) is 57.5 Å². The van der Waals surface area contributed by atoms with Crippen LogP contribution in [-0.4, -0.2) is 46.3 Å². The van der Waals surface area contributed by atoms with Crippen molar-refractivity contribution >= 4 is 33.6 Å². The molecule has 0 unspecified atom stereocenters. The molecule has 1 aliphatic rings. The van der Waals surface area contributed by atoms with E-state index in [0.717, 1.165) is 60.4 Å². The van der Waals surface area contributed by atoms with E-state index in [1.807, 2.05) is 36.0 Å². The van der Waals surface area contributed by atoms with E-state index in [4.69, 9.17) is 4.52 Å². The molecular weight excluding hydrogens is 512 g/mol. The molecule has 6 nitrogen and oxygen atoms in total. The number of carbonyl (C=O) groups is 1. The number of aromatic nitrogens is 2. The fourth-order valence-corrected chi connectivity index (χ4v) is 5.44. The van der Waals surface area contributed by atoms with Crippen LogP contribution in [0.3, 0.4) is 0 Å². The van der Waals surface area contributed by atoms with Gasteiger partial charge in [0.25, 0.3) is 0 Å². The predicted molar refractivity (Wildman–Crippen MR) is 140 cm³/mol. The summed E-state index contributed by atoms with van der Waals surface area (Å²) < 4.78 is 6.44. The van der Waals surface area contributed by atoms with Gasteiger partial charge in [0.2, 0.25) is 17.6 Å². The van der Waals surface area contributed by atoms with Crippen LogP contribution in [-0.2, 0) is 17.1 Å². The van der Waals surface area contributed by atoms with Gasteiger partial charge in [0.15, 0.2) is 0 Å². The number of benzene rings is 2. The van der Waals surface area contributed by atoms with Crippen molar-refractivity contribution in [2.75, 3.05) is 25.4 Å². The number of hydrogen-bond acceptors (Lipinski definition) is 6. The van der Waals surface area contributed by atoms with Crippen LogP contribution in [0.5, 0.6) is 0 Å². The lowest BCUT2D eigenvalue weighted by molar-refractivity contribution is -0.126. The highest BCUT2D eigenvalue weighted by atomic mass is 79.9. The number of thioether (sulfide) groups is 1. The van der Waals surface area contributed by atoms with E-state index in [0.29, 0.717) is 18.3 Å². The summed E-state index contributed by atoms with van der Waals surface area (Å²) in [6, 6.07) is 16.5. The van der Waals surface area contributed by atoms with Crippen molar-refractivity contribution < 1.29 is 9.32 Å². The van der Waals surface area contributed by atoms with Crippen LogP contribution in [0, 0.1) is 12.8 Å². The molecule has 1 fully saturated rings. The van der Waals surface area contributed by atoms with Gasteiger partial charge in [-0.25, -0.2) is 0 Å². The Hall–Kier alpha value is -2.16. The largest absolute Gasteiger partial charge is 0.356 e. The van der Waals surface area contributed by atoms with Gasteiger partial charge in [0, 0.05) is 28.3 Å². The third-order valence-electron chi connectivity index (χ3n) is 5.98. The van der Waals surface area contributed by atoms with Crippen LogP contribution in [0.1, 0.15) is 36.3 Å². The standard InChI is InChI=1S/C26H31BrN4O2S/c1-19-5-2-6-20(15-19)18-34-14-4-11-28-26(32)21-9-12-31(13-10-21)17-24-29-25(30-33-24)22-7-3-8-23(27)16-22/h2-3,5-8,15-16,21H,4,9-14,17-18H2,1H3,(H,28,32). The number of hydrogen-bond donors (Lipinski definition) is 1. The average molecular weight is 544 g/mol. The Morgan fingerprint density at radius 1 is 1.21 bits per heavy atom. The van der Waals surface area contributed by atoms with Crippen molar-refractivity contribution in [3.63, 3.8) is 0 Å². The molecule has 0 spiro atoms. The van der Waals surface area contributed by atoms with Crippen molar-refractivity contribution in [3.05, 3.63) is 70.0 Å². The molecule has 1 saturated heterocycles. The van der Waals surface area contributed by atoms with Crippen molar-refractivity contribution in [3.8, 4) is 11.4 Å². The maximum Gasteiger partial charge on any atom is 0.241 e.